The van der Waals surface area contributed by atoms with Crippen LogP contribution in [0.25, 0.3) is 10.9 Å². The van der Waals surface area contributed by atoms with Crippen LogP contribution in [0.1, 0.15) is 53.2 Å². The highest BCUT2D eigenvalue weighted by Gasteiger charge is 2.26. The maximum atomic E-state index is 13.2. The molecule has 0 aliphatic rings. The lowest BCUT2D eigenvalue weighted by atomic mass is 10.0. The van der Waals surface area contributed by atoms with E-state index in [1.54, 1.807) is 10.9 Å². The Kier molecular flexibility index (Phi) is 7.28. The molecule has 3 aromatic heterocycles. The Morgan fingerprint density at radius 3 is 2.68 bits per heavy atom. The van der Waals surface area contributed by atoms with Gasteiger partial charge in [0.15, 0.2) is 5.82 Å². The van der Waals surface area contributed by atoms with Crippen molar-refractivity contribution in [2.75, 3.05) is 6.54 Å². The van der Waals surface area contributed by atoms with Gasteiger partial charge in [0.05, 0.1) is 17.8 Å². The molecular weight excluding hydrogens is 464 g/mol. The van der Waals surface area contributed by atoms with Gasteiger partial charge in [-0.2, -0.15) is 0 Å². The minimum absolute atomic E-state index is 0.0593. The summed E-state index contributed by atoms with van der Waals surface area (Å²) in [6, 6.07) is 20.3. The zero-order chi connectivity index (χ0) is 25.8. The Hall–Kier alpha value is -4.04. The van der Waals surface area contributed by atoms with Gasteiger partial charge in [-0.25, -0.2) is 4.68 Å². The second-order valence-corrected chi connectivity index (χ2v) is 9.50. The summed E-state index contributed by atoms with van der Waals surface area (Å²) in [5.41, 5.74) is 5.08. The van der Waals surface area contributed by atoms with Crippen LogP contribution in [0.3, 0.4) is 0 Å². The zero-order valence-electron chi connectivity index (χ0n) is 21.5. The standard InChI is InChI=1S/C29H32N6O2/c1-4-26(28-31-32-33-35(28)19-25-11-8-16-37-25)34(15-14-22-9-6-5-7-10-22)18-24-17-23-13-12-20(2)21(3)27(23)30-29(24)36/h5-13,16-17,26H,4,14-15,18-19H2,1-3H3,(H,30,36)/t26-/m0/s1. The molecule has 0 bridgehead atoms. The monoisotopic (exact) mass is 496 g/mol. The topological polar surface area (TPSA) is 92.8 Å². The molecule has 5 rings (SSSR count). The summed E-state index contributed by atoms with van der Waals surface area (Å²) in [5.74, 6) is 1.55. The first-order chi connectivity index (χ1) is 18.0. The van der Waals surface area contributed by atoms with Gasteiger partial charge in [0.25, 0.3) is 5.56 Å². The fraction of sp³-hybridized carbons (Fsp3) is 0.310. The predicted octanol–water partition coefficient (Wildman–Crippen LogP) is 4.97. The van der Waals surface area contributed by atoms with Crippen LogP contribution >= 0.6 is 0 Å². The quantitative estimate of drug-likeness (QED) is 0.294. The lowest BCUT2D eigenvalue weighted by molar-refractivity contribution is 0.172. The summed E-state index contributed by atoms with van der Waals surface area (Å²) in [5, 5.41) is 13.7. The molecule has 2 aromatic carbocycles. The summed E-state index contributed by atoms with van der Waals surface area (Å²) in [6.45, 7) is 7.92. The van der Waals surface area contributed by atoms with Crippen LogP contribution < -0.4 is 5.56 Å². The van der Waals surface area contributed by atoms with Crippen molar-refractivity contribution in [3.8, 4) is 0 Å². The van der Waals surface area contributed by atoms with Crippen LogP contribution in [0.2, 0.25) is 0 Å². The van der Waals surface area contributed by atoms with Crippen LogP contribution in [0.5, 0.6) is 0 Å². The Balaban J connectivity index is 1.49. The van der Waals surface area contributed by atoms with Crippen molar-refractivity contribution in [1.29, 1.82) is 0 Å². The number of H-pyrrole nitrogens is 1. The smallest absolute Gasteiger partial charge is 0.252 e. The van der Waals surface area contributed by atoms with Crippen molar-refractivity contribution in [3.05, 3.63) is 111 Å². The van der Waals surface area contributed by atoms with Gasteiger partial charge < -0.3 is 9.40 Å². The van der Waals surface area contributed by atoms with Gasteiger partial charge in [0, 0.05) is 18.7 Å². The van der Waals surface area contributed by atoms with Crippen LogP contribution in [0.4, 0.5) is 0 Å². The number of pyridine rings is 1. The van der Waals surface area contributed by atoms with Crippen LogP contribution in [-0.2, 0) is 19.5 Å². The first-order valence-electron chi connectivity index (χ1n) is 12.7. The third-order valence-corrected chi connectivity index (χ3v) is 7.10. The number of nitrogens with one attached hydrogen (secondary N) is 1. The number of aromatic nitrogens is 5. The van der Waals surface area contributed by atoms with Crippen molar-refractivity contribution in [2.45, 2.75) is 52.7 Å². The fourth-order valence-electron chi connectivity index (χ4n) is 4.89. The number of hydrogen-bond acceptors (Lipinski definition) is 6. The molecule has 0 unspecified atom stereocenters. The maximum absolute atomic E-state index is 13.2. The predicted molar refractivity (Wildman–Crippen MR) is 143 cm³/mol. The summed E-state index contributed by atoms with van der Waals surface area (Å²) in [7, 11) is 0. The largest absolute Gasteiger partial charge is 0.467 e. The first kappa shape index (κ1) is 24.6. The highest BCUT2D eigenvalue weighted by molar-refractivity contribution is 5.83. The van der Waals surface area contributed by atoms with Crippen molar-refractivity contribution in [1.82, 2.24) is 30.1 Å². The molecule has 3 heterocycles. The number of nitrogens with zero attached hydrogens (tertiary/aromatic N) is 5. The van der Waals surface area contributed by atoms with Crippen molar-refractivity contribution in [3.63, 3.8) is 0 Å². The summed E-state index contributed by atoms with van der Waals surface area (Å²) in [6.07, 6.45) is 3.29. The molecule has 8 nitrogen and oxygen atoms in total. The van der Waals surface area contributed by atoms with Gasteiger partial charge in [-0.1, -0.05) is 49.4 Å². The van der Waals surface area contributed by atoms with E-state index in [-0.39, 0.29) is 11.6 Å². The molecule has 5 aromatic rings. The van der Waals surface area contributed by atoms with Crippen molar-refractivity contribution >= 4 is 10.9 Å². The highest BCUT2D eigenvalue weighted by atomic mass is 16.3. The van der Waals surface area contributed by atoms with Gasteiger partial charge >= 0.3 is 0 Å². The number of tetrazole rings is 1. The molecular formula is C29H32N6O2. The van der Waals surface area contributed by atoms with E-state index in [1.165, 1.54) is 5.56 Å². The molecule has 0 spiro atoms. The SMILES string of the molecule is CC[C@@H](c1nnnn1Cc1ccco1)N(CCc1ccccc1)Cc1cc2ccc(C)c(C)c2[nH]c1=O. The Morgan fingerprint density at radius 2 is 1.92 bits per heavy atom. The normalized spacial score (nSPS) is 12.4. The number of hydrogen-bond donors (Lipinski definition) is 1. The van der Waals surface area contributed by atoms with E-state index in [2.05, 4.69) is 75.7 Å². The average molecular weight is 497 g/mol. The second kappa shape index (κ2) is 10.9. The Morgan fingerprint density at radius 1 is 1.08 bits per heavy atom. The number of aryl methyl sites for hydroxylation is 2. The average Bonchev–Trinajstić information content (AvgIpc) is 3.59. The minimum Gasteiger partial charge on any atom is -0.467 e. The lowest BCUT2D eigenvalue weighted by Gasteiger charge is -2.30. The van der Waals surface area contributed by atoms with E-state index in [4.69, 9.17) is 4.42 Å². The number of furan rings is 1. The van der Waals surface area contributed by atoms with E-state index in [0.717, 1.165) is 58.6 Å². The molecule has 1 atom stereocenters. The first-order valence-corrected chi connectivity index (χ1v) is 12.7. The van der Waals surface area contributed by atoms with Gasteiger partial charge in [0.2, 0.25) is 0 Å². The second-order valence-electron chi connectivity index (χ2n) is 9.50. The van der Waals surface area contributed by atoms with E-state index in [0.29, 0.717) is 13.1 Å². The lowest BCUT2D eigenvalue weighted by Crippen LogP contribution is -2.34. The van der Waals surface area contributed by atoms with E-state index < -0.39 is 0 Å². The van der Waals surface area contributed by atoms with Crippen molar-refractivity contribution in [2.24, 2.45) is 0 Å². The Bertz CT molecular complexity index is 1520. The number of aromatic amines is 1. The fourth-order valence-corrected chi connectivity index (χ4v) is 4.89. The molecule has 0 amide bonds. The highest BCUT2D eigenvalue weighted by Crippen LogP contribution is 2.26. The summed E-state index contributed by atoms with van der Waals surface area (Å²) < 4.78 is 7.33. The molecule has 0 saturated carbocycles. The molecule has 0 fully saturated rings. The number of rotatable bonds is 10. The molecule has 0 saturated heterocycles. The molecule has 0 aliphatic heterocycles. The van der Waals surface area contributed by atoms with Gasteiger partial charge in [0.1, 0.15) is 12.3 Å². The van der Waals surface area contributed by atoms with Crippen molar-refractivity contribution < 1.29 is 4.42 Å². The van der Waals surface area contributed by atoms with Gasteiger partial charge in [-0.3, -0.25) is 9.69 Å². The third kappa shape index (κ3) is 5.39. The number of fused-ring (bicyclic) bond motifs is 1. The molecule has 0 radical (unpaired) electrons. The van der Waals surface area contributed by atoms with Crippen LogP contribution in [0.15, 0.2) is 76.1 Å². The summed E-state index contributed by atoms with van der Waals surface area (Å²) >= 11 is 0. The Labute approximate surface area is 215 Å². The number of benzene rings is 2. The van der Waals surface area contributed by atoms with Gasteiger partial charge in [-0.15, -0.1) is 5.10 Å². The van der Waals surface area contributed by atoms with E-state index in [9.17, 15) is 4.79 Å². The molecule has 190 valence electrons. The molecule has 0 aliphatic carbocycles. The maximum Gasteiger partial charge on any atom is 0.252 e. The van der Waals surface area contributed by atoms with Crippen LogP contribution in [0, 0.1) is 13.8 Å². The zero-order valence-corrected chi connectivity index (χ0v) is 21.5. The molecule has 1 N–H and O–H groups in total. The van der Waals surface area contributed by atoms with Crippen LogP contribution in [-0.4, -0.2) is 36.6 Å². The molecule has 37 heavy (non-hydrogen) atoms. The van der Waals surface area contributed by atoms with Gasteiger partial charge in [-0.05, 0) is 77.4 Å². The minimum atomic E-state index is -0.0801. The molecule has 8 heteroatoms. The summed E-state index contributed by atoms with van der Waals surface area (Å²) in [4.78, 5) is 18.7. The van der Waals surface area contributed by atoms with E-state index in [1.807, 2.05) is 31.2 Å². The third-order valence-electron chi connectivity index (χ3n) is 7.10. The van der Waals surface area contributed by atoms with E-state index >= 15 is 0 Å².